The average molecular weight is 421 g/mol. The van der Waals surface area contributed by atoms with Gasteiger partial charge < -0.3 is 13.9 Å². The molecule has 0 aliphatic carbocycles. The Morgan fingerprint density at radius 2 is 2.00 bits per heavy atom. The summed E-state index contributed by atoms with van der Waals surface area (Å²) in [7, 11) is 1.45. The van der Waals surface area contributed by atoms with Crippen molar-refractivity contribution < 1.29 is 18.7 Å². The number of hydrogen-bond donors (Lipinski definition) is 0. The SMILES string of the molecule is COC(=O)C1CCCN1Cc1cccc(OCc2nc(-c3ccc(C)cc3)oc2C)c1. The highest BCUT2D eigenvalue weighted by atomic mass is 16.5. The van der Waals surface area contributed by atoms with E-state index in [9.17, 15) is 4.79 Å². The summed E-state index contributed by atoms with van der Waals surface area (Å²) in [5.74, 6) is 1.97. The van der Waals surface area contributed by atoms with Crippen molar-refractivity contribution in [2.45, 2.75) is 45.9 Å². The first-order valence-electron chi connectivity index (χ1n) is 10.6. The molecule has 162 valence electrons. The maximum Gasteiger partial charge on any atom is 0.323 e. The fourth-order valence-electron chi connectivity index (χ4n) is 3.92. The monoisotopic (exact) mass is 420 g/mol. The number of nitrogens with zero attached hydrogens (tertiary/aromatic N) is 2. The van der Waals surface area contributed by atoms with Gasteiger partial charge in [-0.3, -0.25) is 9.69 Å². The van der Waals surface area contributed by atoms with Gasteiger partial charge in [0.05, 0.1) is 7.11 Å². The standard InChI is InChI=1S/C25H28N2O4/c1-17-9-11-20(12-10-17)24-26-22(18(2)31-24)16-30-21-7-4-6-19(14-21)15-27-13-5-8-23(27)25(28)29-3/h4,6-7,9-12,14,23H,5,8,13,15-16H2,1-3H3. The lowest BCUT2D eigenvalue weighted by atomic mass is 10.1. The summed E-state index contributed by atoms with van der Waals surface area (Å²) in [5, 5.41) is 0. The van der Waals surface area contributed by atoms with Crippen LogP contribution in [0.25, 0.3) is 11.5 Å². The van der Waals surface area contributed by atoms with Crippen molar-refractivity contribution in [2.75, 3.05) is 13.7 Å². The summed E-state index contributed by atoms with van der Waals surface area (Å²) in [6.45, 7) is 5.87. The molecule has 1 atom stereocenters. The van der Waals surface area contributed by atoms with E-state index in [-0.39, 0.29) is 12.0 Å². The predicted octanol–water partition coefficient (Wildman–Crippen LogP) is 4.67. The number of methoxy groups -OCH3 is 1. The number of rotatable bonds is 7. The molecule has 0 radical (unpaired) electrons. The third-order valence-corrected chi connectivity index (χ3v) is 5.69. The van der Waals surface area contributed by atoms with Crippen molar-refractivity contribution in [3.63, 3.8) is 0 Å². The van der Waals surface area contributed by atoms with Gasteiger partial charge in [0.1, 0.15) is 29.9 Å². The topological polar surface area (TPSA) is 64.8 Å². The molecule has 0 N–H and O–H groups in total. The van der Waals surface area contributed by atoms with Crippen LogP contribution in [0.5, 0.6) is 5.75 Å². The van der Waals surface area contributed by atoms with Crippen LogP contribution in [0.1, 0.15) is 35.4 Å². The van der Waals surface area contributed by atoms with Crippen LogP contribution in [0.4, 0.5) is 0 Å². The number of aromatic nitrogens is 1. The number of oxazole rings is 1. The molecule has 0 spiro atoms. The van der Waals surface area contributed by atoms with Crippen molar-refractivity contribution >= 4 is 5.97 Å². The molecule has 1 aromatic heterocycles. The van der Waals surface area contributed by atoms with Gasteiger partial charge in [-0.15, -0.1) is 0 Å². The van der Waals surface area contributed by atoms with Crippen LogP contribution in [-0.2, 0) is 22.7 Å². The number of ether oxygens (including phenoxy) is 2. The lowest BCUT2D eigenvalue weighted by Gasteiger charge is -2.22. The molecular formula is C25H28N2O4. The van der Waals surface area contributed by atoms with Crippen LogP contribution in [0.15, 0.2) is 52.9 Å². The molecule has 0 saturated carbocycles. The zero-order valence-electron chi connectivity index (χ0n) is 18.3. The van der Waals surface area contributed by atoms with Gasteiger partial charge in [-0.05, 0) is 63.1 Å². The zero-order valence-corrected chi connectivity index (χ0v) is 18.3. The normalized spacial score (nSPS) is 16.4. The first-order valence-corrected chi connectivity index (χ1v) is 10.6. The largest absolute Gasteiger partial charge is 0.487 e. The molecule has 1 aliphatic rings. The van der Waals surface area contributed by atoms with E-state index in [2.05, 4.69) is 22.9 Å². The molecule has 1 fully saturated rings. The summed E-state index contributed by atoms with van der Waals surface area (Å²) in [6, 6.07) is 15.9. The smallest absolute Gasteiger partial charge is 0.323 e. The fraction of sp³-hybridized carbons (Fsp3) is 0.360. The molecule has 1 saturated heterocycles. The second-order valence-electron chi connectivity index (χ2n) is 7.98. The van der Waals surface area contributed by atoms with Crippen molar-refractivity contribution in [2.24, 2.45) is 0 Å². The Bertz CT molecular complexity index is 1040. The number of carbonyl (C=O) groups excluding carboxylic acids is 1. The number of carbonyl (C=O) groups is 1. The van der Waals surface area contributed by atoms with Gasteiger partial charge in [0, 0.05) is 12.1 Å². The van der Waals surface area contributed by atoms with Gasteiger partial charge >= 0.3 is 5.97 Å². The first-order chi connectivity index (χ1) is 15.0. The summed E-state index contributed by atoms with van der Waals surface area (Å²) in [5.41, 5.74) is 4.03. The molecule has 2 heterocycles. The minimum Gasteiger partial charge on any atom is -0.487 e. The Kier molecular flexibility index (Phi) is 6.37. The van der Waals surface area contributed by atoms with Crippen molar-refractivity contribution in [3.05, 3.63) is 71.1 Å². The Morgan fingerprint density at radius 1 is 1.19 bits per heavy atom. The Hall–Kier alpha value is -3.12. The van der Waals surface area contributed by atoms with E-state index < -0.39 is 0 Å². The van der Waals surface area contributed by atoms with Gasteiger partial charge in [-0.2, -0.15) is 0 Å². The van der Waals surface area contributed by atoms with Gasteiger partial charge in [0.25, 0.3) is 0 Å². The minimum absolute atomic E-state index is 0.157. The molecule has 4 rings (SSSR count). The first kappa shape index (κ1) is 21.1. The number of esters is 1. The van der Waals surface area contributed by atoms with Crippen LogP contribution in [0.2, 0.25) is 0 Å². The van der Waals surface area contributed by atoms with E-state index in [1.54, 1.807) is 0 Å². The molecule has 6 nitrogen and oxygen atoms in total. The third-order valence-electron chi connectivity index (χ3n) is 5.69. The van der Waals surface area contributed by atoms with Crippen LogP contribution < -0.4 is 4.74 Å². The molecular weight excluding hydrogens is 392 g/mol. The Balaban J connectivity index is 1.41. The van der Waals surface area contributed by atoms with Crippen molar-refractivity contribution in [1.29, 1.82) is 0 Å². The molecule has 6 heteroatoms. The van der Waals surface area contributed by atoms with Crippen LogP contribution in [0, 0.1) is 13.8 Å². The second-order valence-corrected chi connectivity index (χ2v) is 7.98. The van der Waals surface area contributed by atoms with E-state index >= 15 is 0 Å². The highest BCUT2D eigenvalue weighted by molar-refractivity contribution is 5.76. The second kappa shape index (κ2) is 9.35. The summed E-state index contributed by atoms with van der Waals surface area (Å²) < 4.78 is 16.8. The lowest BCUT2D eigenvalue weighted by molar-refractivity contribution is -0.146. The van der Waals surface area contributed by atoms with E-state index in [4.69, 9.17) is 13.9 Å². The van der Waals surface area contributed by atoms with Crippen molar-refractivity contribution in [1.82, 2.24) is 9.88 Å². The lowest BCUT2D eigenvalue weighted by Crippen LogP contribution is -2.36. The molecule has 1 unspecified atom stereocenters. The predicted molar refractivity (Wildman–Crippen MR) is 118 cm³/mol. The Labute approximate surface area is 182 Å². The number of likely N-dealkylation sites (tertiary alicyclic amines) is 1. The number of benzene rings is 2. The molecule has 1 aliphatic heterocycles. The van der Waals surface area contributed by atoms with Gasteiger partial charge in [-0.25, -0.2) is 4.98 Å². The van der Waals surface area contributed by atoms with Crippen LogP contribution in [-0.4, -0.2) is 35.5 Å². The quantitative estimate of drug-likeness (QED) is 0.518. The average Bonchev–Trinajstić information content (AvgIpc) is 3.39. The maximum absolute atomic E-state index is 12.0. The fourth-order valence-corrected chi connectivity index (χ4v) is 3.92. The molecule has 31 heavy (non-hydrogen) atoms. The Morgan fingerprint density at radius 3 is 2.77 bits per heavy atom. The minimum atomic E-state index is -0.160. The van der Waals surface area contributed by atoms with E-state index in [1.807, 2.05) is 49.4 Å². The van der Waals surface area contributed by atoms with E-state index in [0.29, 0.717) is 19.0 Å². The number of hydrogen-bond acceptors (Lipinski definition) is 6. The van der Waals surface area contributed by atoms with E-state index in [1.165, 1.54) is 12.7 Å². The van der Waals surface area contributed by atoms with Crippen molar-refractivity contribution in [3.8, 4) is 17.2 Å². The highest BCUT2D eigenvalue weighted by Gasteiger charge is 2.31. The van der Waals surface area contributed by atoms with Gasteiger partial charge in [0.15, 0.2) is 0 Å². The van der Waals surface area contributed by atoms with Gasteiger partial charge in [0.2, 0.25) is 5.89 Å². The molecule has 0 bridgehead atoms. The molecule has 2 aromatic carbocycles. The van der Waals surface area contributed by atoms with Crippen LogP contribution >= 0.6 is 0 Å². The maximum atomic E-state index is 12.0. The zero-order chi connectivity index (χ0) is 21.8. The van der Waals surface area contributed by atoms with Gasteiger partial charge in [-0.1, -0.05) is 29.8 Å². The van der Waals surface area contributed by atoms with Crippen LogP contribution in [0.3, 0.4) is 0 Å². The summed E-state index contributed by atoms with van der Waals surface area (Å²) in [6.07, 6.45) is 1.85. The third kappa shape index (κ3) is 4.97. The summed E-state index contributed by atoms with van der Waals surface area (Å²) in [4.78, 5) is 18.8. The van der Waals surface area contributed by atoms with E-state index in [0.717, 1.165) is 47.7 Å². The number of aryl methyl sites for hydroxylation is 2. The molecule has 3 aromatic rings. The highest BCUT2D eigenvalue weighted by Crippen LogP contribution is 2.25. The summed E-state index contributed by atoms with van der Waals surface area (Å²) >= 11 is 0. The molecule has 0 amide bonds.